The Balaban J connectivity index is 1.34. The number of piperidine rings is 1. The molecule has 1 saturated carbocycles. The fourth-order valence-corrected chi connectivity index (χ4v) is 5.12. The Hall–Kier alpha value is -3.53. The zero-order valence-corrected chi connectivity index (χ0v) is 21.7. The SMILES string of the molecule is Cc1cc(Nc2nc(CC3(CC(=O)NC4CC4)CCN(C(=O)c4cccc(Cl)c4F)CC3)ccc2F)n[nH]1. The Morgan fingerprint density at radius 1 is 1.18 bits per heavy atom. The summed E-state index contributed by atoms with van der Waals surface area (Å²) in [5.74, 6) is -1.22. The molecule has 11 heteroatoms. The molecule has 2 fully saturated rings. The maximum atomic E-state index is 14.5. The average Bonchev–Trinajstić information content (AvgIpc) is 3.60. The summed E-state index contributed by atoms with van der Waals surface area (Å²) in [5, 5.41) is 12.7. The molecule has 1 aromatic carbocycles. The Bertz CT molecular complexity index is 1350. The van der Waals surface area contributed by atoms with Crippen molar-refractivity contribution < 1.29 is 18.4 Å². The third-order valence-electron chi connectivity index (χ3n) is 7.18. The van der Waals surface area contributed by atoms with Gasteiger partial charge in [-0.2, -0.15) is 5.10 Å². The summed E-state index contributed by atoms with van der Waals surface area (Å²) < 4.78 is 29.0. The molecule has 38 heavy (non-hydrogen) atoms. The molecule has 200 valence electrons. The lowest BCUT2D eigenvalue weighted by Gasteiger charge is -2.41. The van der Waals surface area contributed by atoms with Gasteiger partial charge in [0, 0.05) is 43.0 Å². The second kappa shape index (κ2) is 10.7. The molecular formula is C27H29ClF2N6O2. The van der Waals surface area contributed by atoms with Crippen LogP contribution in [0, 0.1) is 24.0 Å². The molecule has 0 unspecified atom stereocenters. The second-order valence-corrected chi connectivity index (χ2v) is 10.7. The molecule has 8 nitrogen and oxygen atoms in total. The van der Waals surface area contributed by atoms with Gasteiger partial charge in [0.15, 0.2) is 23.3 Å². The van der Waals surface area contributed by atoms with Crippen molar-refractivity contribution in [3.8, 4) is 0 Å². The maximum Gasteiger partial charge on any atom is 0.256 e. The number of rotatable bonds is 8. The van der Waals surface area contributed by atoms with Crippen LogP contribution >= 0.6 is 11.6 Å². The number of likely N-dealkylation sites (tertiary alicyclic amines) is 1. The number of nitrogens with zero attached hydrogens (tertiary/aromatic N) is 3. The molecule has 2 aromatic heterocycles. The largest absolute Gasteiger partial charge is 0.353 e. The second-order valence-electron chi connectivity index (χ2n) is 10.3. The number of hydrogen-bond donors (Lipinski definition) is 3. The van der Waals surface area contributed by atoms with E-state index in [1.807, 2.05) is 6.92 Å². The number of aryl methyl sites for hydroxylation is 1. The van der Waals surface area contributed by atoms with Crippen LogP contribution < -0.4 is 10.6 Å². The van der Waals surface area contributed by atoms with Gasteiger partial charge in [0.05, 0.1) is 10.6 Å². The number of nitrogens with one attached hydrogen (secondary N) is 3. The van der Waals surface area contributed by atoms with Crippen molar-refractivity contribution in [2.75, 3.05) is 18.4 Å². The van der Waals surface area contributed by atoms with Gasteiger partial charge >= 0.3 is 0 Å². The van der Waals surface area contributed by atoms with Crippen LogP contribution in [0.25, 0.3) is 0 Å². The van der Waals surface area contributed by atoms with Gasteiger partial charge in [-0.05, 0) is 68.7 Å². The van der Waals surface area contributed by atoms with Gasteiger partial charge in [0.1, 0.15) is 0 Å². The van der Waals surface area contributed by atoms with E-state index < -0.39 is 23.0 Å². The Kier molecular flexibility index (Phi) is 7.34. The molecule has 0 radical (unpaired) electrons. The van der Waals surface area contributed by atoms with Gasteiger partial charge in [-0.25, -0.2) is 13.8 Å². The minimum atomic E-state index is -0.734. The first kappa shape index (κ1) is 26.1. The van der Waals surface area contributed by atoms with Crippen LogP contribution in [0.1, 0.15) is 53.8 Å². The molecule has 0 bridgehead atoms. The third kappa shape index (κ3) is 5.96. The monoisotopic (exact) mass is 542 g/mol. The normalized spacial score (nSPS) is 16.8. The summed E-state index contributed by atoms with van der Waals surface area (Å²) in [5.41, 5.74) is 0.888. The Labute approximate surface area is 224 Å². The minimum absolute atomic E-state index is 0.0411. The summed E-state index contributed by atoms with van der Waals surface area (Å²) in [4.78, 5) is 32.0. The van der Waals surface area contributed by atoms with Crippen molar-refractivity contribution in [1.29, 1.82) is 0 Å². The lowest BCUT2D eigenvalue weighted by atomic mass is 9.72. The third-order valence-corrected chi connectivity index (χ3v) is 7.48. The highest BCUT2D eigenvalue weighted by molar-refractivity contribution is 6.31. The molecule has 2 amide bonds. The van der Waals surface area contributed by atoms with Gasteiger partial charge in [-0.3, -0.25) is 14.7 Å². The highest BCUT2D eigenvalue weighted by Gasteiger charge is 2.40. The van der Waals surface area contributed by atoms with Crippen LogP contribution in [-0.4, -0.2) is 51.0 Å². The minimum Gasteiger partial charge on any atom is -0.353 e. The quantitative estimate of drug-likeness (QED) is 0.375. The smallest absolute Gasteiger partial charge is 0.256 e. The van der Waals surface area contributed by atoms with Gasteiger partial charge in [0.25, 0.3) is 5.91 Å². The average molecular weight is 543 g/mol. The zero-order chi connectivity index (χ0) is 26.9. The first-order valence-corrected chi connectivity index (χ1v) is 13.1. The number of anilines is 2. The molecule has 0 spiro atoms. The van der Waals surface area contributed by atoms with Crippen molar-refractivity contribution in [3.63, 3.8) is 0 Å². The highest BCUT2D eigenvalue weighted by Crippen LogP contribution is 2.39. The number of halogens is 3. The molecule has 2 aliphatic rings. The lowest BCUT2D eigenvalue weighted by molar-refractivity contribution is -0.124. The van der Waals surface area contributed by atoms with Gasteiger partial charge in [0.2, 0.25) is 5.91 Å². The van der Waals surface area contributed by atoms with Crippen molar-refractivity contribution >= 4 is 35.1 Å². The van der Waals surface area contributed by atoms with E-state index in [-0.39, 0.29) is 34.8 Å². The van der Waals surface area contributed by atoms with E-state index in [1.54, 1.807) is 23.1 Å². The van der Waals surface area contributed by atoms with E-state index in [0.717, 1.165) is 18.5 Å². The van der Waals surface area contributed by atoms with Gasteiger partial charge < -0.3 is 15.5 Å². The zero-order valence-electron chi connectivity index (χ0n) is 21.0. The number of benzene rings is 1. The summed E-state index contributed by atoms with van der Waals surface area (Å²) in [7, 11) is 0. The van der Waals surface area contributed by atoms with Gasteiger partial charge in [-0.1, -0.05) is 17.7 Å². The first-order chi connectivity index (χ1) is 18.2. The van der Waals surface area contributed by atoms with E-state index in [9.17, 15) is 18.4 Å². The standard InChI is InChI=1S/C27H29ClF2N6O2/c1-16-13-22(35-34-16)33-25-21(29)8-7-18(32-25)14-27(15-23(37)31-17-5-6-17)9-11-36(12-10-27)26(38)19-3-2-4-20(28)24(19)30/h2-4,7-8,13,17H,5-6,9-12,14-15H2,1H3,(H,31,37)(H2,32,33,34,35). The van der Waals surface area contributed by atoms with Crippen LogP contribution in [-0.2, 0) is 11.2 Å². The Morgan fingerprint density at radius 2 is 1.95 bits per heavy atom. The Morgan fingerprint density at radius 3 is 2.63 bits per heavy atom. The van der Waals surface area contributed by atoms with Crippen molar-refractivity contribution in [3.05, 3.63) is 70.0 Å². The molecular weight excluding hydrogens is 514 g/mol. The van der Waals surface area contributed by atoms with Crippen LogP contribution in [0.3, 0.4) is 0 Å². The number of hydrogen-bond acceptors (Lipinski definition) is 5. The molecule has 1 aliphatic carbocycles. The predicted octanol–water partition coefficient (Wildman–Crippen LogP) is 4.92. The van der Waals surface area contributed by atoms with Crippen molar-refractivity contribution in [2.24, 2.45) is 5.41 Å². The van der Waals surface area contributed by atoms with E-state index >= 15 is 0 Å². The number of aromatic nitrogens is 3. The number of pyridine rings is 1. The van der Waals surface area contributed by atoms with E-state index in [0.29, 0.717) is 43.9 Å². The summed E-state index contributed by atoms with van der Waals surface area (Å²) >= 11 is 5.88. The maximum absolute atomic E-state index is 14.5. The van der Waals surface area contributed by atoms with E-state index in [2.05, 4.69) is 25.8 Å². The molecule has 3 N–H and O–H groups in total. The fourth-order valence-electron chi connectivity index (χ4n) is 4.94. The number of carbonyl (C=O) groups excluding carboxylic acids is 2. The predicted molar refractivity (Wildman–Crippen MR) is 139 cm³/mol. The van der Waals surface area contributed by atoms with Gasteiger partial charge in [-0.15, -0.1) is 0 Å². The molecule has 3 heterocycles. The molecule has 5 rings (SSSR count). The molecule has 1 saturated heterocycles. The summed E-state index contributed by atoms with van der Waals surface area (Å²) in [6, 6.07) is 9.31. The number of H-pyrrole nitrogens is 1. The molecule has 3 aromatic rings. The topological polar surface area (TPSA) is 103 Å². The number of carbonyl (C=O) groups is 2. The fraction of sp³-hybridized carbons (Fsp3) is 0.407. The highest BCUT2D eigenvalue weighted by atomic mass is 35.5. The number of aromatic amines is 1. The van der Waals surface area contributed by atoms with Crippen LogP contribution in [0.2, 0.25) is 5.02 Å². The summed E-state index contributed by atoms with van der Waals surface area (Å²) in [6.07, 6.45) is 3.67. The lowest BCUT2D eigenvalue weighted by Crippen LogP contribution is -2.46. The van der Waals surface area contributed by atoms with Crippen molar-refractivity contribution in [1.82, 2.24) is 25.4 Å². The van der Waals surface area contributed by atoms with Crippen molar-refractivity contribution in [2.45, 2.75) is 51.5 Å². The molecule has 0 atom stereocenters. The molecule has 1 aliphatic heterocycles. The van der Waals surface area contributed by atoms with Crippen LogP contribution in [0.4, 0.5) is 20.4 Å². The first-order valence-electron chi connectivity index (χ1n) is 12.7. The van der Waals surface area contributed by atoms with Crippen LogP contribution in [0.15, 0.2) is 36.4 Å². The van der Waals surface area contributed by atoms with E-state index in [1.165, 1.54) is 18.2 Å². The summed E-state index contributed by atoms with van der Waals surface area (Å²) in [6.45, 7) is 2.54. The van der Waals surface area contributed by atoms with Crippen LogP contribution in [0.5, 0.6) is 0 Å². The van der Waals surface area contributed by atoms with E-state index in [4.69, 9.17) is 11.6 Å². The number of amides is 2.